The molecule has 0 aliphatic carbocycles. The van der Waals surface area contributed by atoms with Crippen LogP contribution in [-0.4, -0.2) is 43.4 Å². The van der Waals surface area contributed by atoms with E-state index in [-0.39, 0.29) is 10.9 Å². The van der Waals surface area contributed by atoms with Crippen molar-refractivity contribution in [3.05, 3.63) is 52.8 Å². The summed E-state index contributed by atoms with van der Waals surface area (Å²) in [5.74, 6) is -0.592. The summed E-state index contributed by atoms with van der Waals surface area (Å²) in [6, 6.07) is 8.44. The lowest BCUT2D eigenvalue weighted by atomic mass is 10.1. The molecule has 0 unspecified atom stereocenters. The number of benzene rings is 1. The largest absolute Gasteiger partial charge is 0.346 e. The van der Waals surface area contributed by atoms with Crippen LogP contribution >= 0.6 is 0 Å². The summed E-state index contributed by atoms with van der Waals surface area (Å²) < 4.78 is 29.5. The van der Waals surface area contributed by atoms with E-state index in [1.54, 1.807) is 18.2 Å². The van der Waals surface area contributed by atoms with Gasteiger partial charge in [-0.15, -0.1) is 0 Å². The van der Waals surface area contributed by atoms with Crippen LogP contribution in [0.25, 0.3) is 0 Å². The second kappa shape index (κ2) is 10.3. The smallest absolute Gasteiger partial charge is 0.266 e. The number of aryl methyl sites for hydroxylation is 2. The zero-order chi connectivity index (χ0) is 22.5. The molecule has 1 N–H and O–H groups in total. The summed E-state index contributed by atoms with van der Waals surface area (Å²) in [6.45, 7) is 15.4. The van der Waals surface area contributed by atoms with Gasteiger partial charge in [-0.25, -0.2) is 13.1 Å². The third-order valence-corrected chi connectivity index (χ3v) is 7.07. The first kappa shape index (κ1) is 24.2. The molecule has 1 aromatic carbocycles. The van der Waals surface area contributed by atoms with E-state index in [0.717, 1.165) is 49.4 Å². The Hall–Kier alpha value is -2.12. The minimum absolute atomic E-state index is 0.0834. The first-order chi connectivity index (χ1) is 14.1. The third kappa shape index (κ3) is 5.73. The second-order valence-corrected chi connectivity index (χ2v) is 9.60. The molecule has 0 saturated carbocycles. The lowest BCUT2D eigenvalue weighted by Gasteiger charge is -2.22. The fraction of sp³-hybridized carbons (Fsp3) is 0.522. The molecule has 0 saturated heterocycles. The molecule has 0 bridgehead atoms. The Morgan fingerprint density at radius 1 is 1.10 bits per heavy atom. The monoisotopic (exact) mass is 433 g/mol. The van der Waals surface area contributed by atoms with E-state index < -0.39 is 15.9 Å². The average molecular weight is 434 g/mol. The summed E-state index contributed by atoms with van der Waals surface area (Å²) in [5.41, 5.74) is 3.11. The normalized spacial score (nSPS) is 12.9. The van der Waals surface area contributed by atoms with Gasteiger partial charge in [-0.3, -0.25) is 4.79 Å². The first-order valence-electron chi connectivity index (χ1n) is 10.6. The van der Waals surface area contributed by atoms with Crippen molar-refractivity contribution in [3.63, 3.8) is 0 Å². The second-order valence-electron chi connectivity index (χ2n) is 7.92. The van der Waals surface area contributed by atoms with Crippen LogP contribution in [0.15, 0.2) is 35.2 Å². The van der Waals surface area contributed by atoms with Crippen LogP contribution < -0.4 is 4.72 Å². The predicted molar refractivity (Wildman–Crippen MR) is 121 cm³/mol. The number of amides is 1. The molecule has 0 radical (unpaired) electrons. The molecule has 7 heteroatoms. The molecule has 1 atom stereocenters. The predicted octanol–water partition coefficient (Wildman–Crippen LogP) is 4.22. The molecule has 6 nitrogen and oxygen atoms in total. The molecule has 1 amide bonds. The lowest BCUT2D eigenvalue weighted by molar-refractivity contribution is 0.0980. The highest BCUT2D eigenvalue weighted by atomic mass is 32.2. The number of aromatic nitrogens is 1. The molecule has 2 aromatic rings. The quantitative estimate of drug-likeness (QED) is 0.609. The summed E-state index contributed by atoms with van der Waals surface area (Å²) in [4.78, 5) is 15.3. The van der Waals surface area contributed by atoms with Crippen molar-refractivity contribution >= 4 is 15.9 Å². The number of nitrogens with zero attached hydrogens (tertiary/aromatic N) is 2. The summed E-state index contributed by atoms with van der Waals surface area (Å²) >= 11 is 0. The number of rotatable bonds is 10. The average Bonchev–Trinajstić information content (AvgIpc) is 2.99. The van der Waals surface area contributed by atoms with Gasteiger partial charge < -0.3 is 9.47 Å². The standard InChI is InChI=1S/C23H35N3O3S/c1-7-25(8-2)15-9-10-18(4)26-19(5)16-22(20(26)6)23(27)24-30(28,29)21-13-11-17(3)12-14-21/h11-14,16,18H,7-10,15H2,1-6H3,(H,24,27)/t18-/m1/s1. The van der Waals surface area contributed by atoms with Crippen molar-refractivity contribution in [2.24, 2.45) is 0 Å². The van der Waals surface area contributed by atoms with Crippen LogP contribution in [0, 0.1) is 20.8 Å². The van der Waals surface area contributed by atoms with Gasteiger partial charge in [-0.2, -0.15) is 0 Å². The van der Waals surface area contributed by atoms with Crippen LogP contribution in [0.5, 0.6) is 0 Å². The van der Waals surface area contributed by atoms with Crippen molar-refractivity contribution in [2.45, 2.75) is 65.3 Å². The Morgan fingerprint density at radius 3 is 2.27 bits per heavy atom. The van der Waals surface area contributed by atoms with Crippen molar-refractivity contribution < 1.29 is 13.2 Å². The Balaban J connectivity index is 2.13. The SMILES string of the molecule is CCN(CC)CCC[C@@H](C)n1c(C)cc(C(=O)NS(=O)(=O)c2ccc(C)cc2)c1C. The van der Waals surface area contributed by atoms with Gasteiger partial charge in [-0.1, -0.05) is 31.5 Å². The van der Waals surface area contributed by atoms with Crippen LogP contribution in [0.3, 0.4) is 0 Å². The van der Waals surface area contributed by atoms with Gasteiger partial charge in [-0.05, 0) is 78.4 Å². The van der Waals surface area contributed by atoms with Crippen LogP contribution in [0.1, 0.15) is 67.0 Å². The highest BCUT2D eigenvalue weighted by Crippen LogP contribution is 2.24. The van der Waals surface area contributed by atoms with E-state index >= 15 is 0 Å². The first-order valence-corrected chi connectivity index (χ1v) is 12.1. The van der Waals surface area contributed by atoms with Gasteiger partial charge in [0.25, 0.3) is 15.9 Å². The molecule has 2 rings (SSSR count). The minimum atomic E-state index is -3.91. The Bertz CT molecular complexity index is 958. The van der Waals surface area contributed by atoms with Crippen molar-refractivity contribution in [3.8, 4) is 0 Å². The number of carbonyl (C=O) groups is 1. The van der Waals surface area contributed by atoms with E-state index in [9.17, 15) is 13.2 Å². The maximum Gasteiger partial charge on any atom is 0.266 e. The number of sulfonamides is 1. The highest BCUT2D eigenvalue weighted by Gasteiger charge is 2.23. The van der Waals surface area contributed by atoms with Gasteiger partial charge in [0.2, 0.25) is 0 Å². The van der Waals surface area contributed by atoms with Gasteiger partial charge in [0, 0.05) is 17.4 Å². The Morgan fingerprint density at radius 2 is 1.70 bits per heavy atom. The maximum absolute atomic E-state index is 12.8. The van der Waals surface area contributed by atoms with Crippen LogP contribution in [0.4, 0.5) is 0 Å². The van der Waals surface area contributed by atoms with E-state index in [1.807, 2.05) is 20.8 Å². The van der Waals surface area contributed by atoms with E-state index in [4.69, 9.17) is 0 Å². The van der Waals surface area contributed by atoms with Crippen LogP contribution in [0.2, 0.25) is 0 Å². The van der Waals surface area contributed by atoms with Gasteiger partial charge in [0.15, 0.2) is 0 Å². The van der Waals surface area contributed by atoms with Crippen molar-refractivity contribution in [2.75, 3.05) is 19.6 Å². The molecular formula is C23H35N3O3S. The Labute approximate surface area is 181 Å². The molecule has 1 heterocycles. The number of hydrogen-bond donors (Lipinski definition) is 1. The Kier molecular flexibility index (Phi) is 8.26. The third-order valence-electron chi connectivity index (χ3n) is 5.72. The van der Waals surface area contributed by atoms with Gasteiger partial charge in [0.1, 0.15) is 0 Å². The van der Waals surface area contributed by atoms with Gasteiger partial charge in [0.05, 0.1) is 10.5 Å². The van der Waals surface area contributed by atoms with Crippen molar-refractivity contribution in [1.82, 2.24) is 14.2 Å². The molecule has 0 spiro atoms. The molecule has 1 aromatic heterocycles. The fourth-order valence-electron chi connectivity index (χ4n) is 3.92. The number of carbonyl (C=O) groups excluding carboxylic acids is 1. The maximum atomic E-state index is 12.8. The van der Waals surface area contributed by atoms with E-state index in [1.165, 1.54) is 12.1 Å². The topological polar surface area (TPSA) is 71.4 Å². The number of hydrogen-bond acceptors (Lipinski definition) is 4. The van der Waals surface area contributed by atoms with Crippen molar-refractivity contribution in [1.29, 1.82) is 0 Å². The molecular weight excluding hydrogens is 398 g/mol. The lowest BCUT2D eigenvalue weighted by Crippen LogP contribution is -2.31. The molecule has 0 aliphatic rings. The number of nitrogens with one attached hydrogen (secondary N) is 1. The fourth-order valence-corrected chi connectivity index (χ4v) is 4.88. The van der Waals surface area contributed by atoms with E-state index in [2.05, 4.69) is 35.0 Å². The summed E-state index contributed by atoms with van der Waals surface area (Å²) in [6.07, 6.45) is 2.07. The summed E-state index contributed by atoms with van der Waals surface area (Å²) in [7, 11) is -3.91. The molecule has 0 aliphatic heterocycles. The molecule has 0 fully saturated rings. The van der Waals surface area contributed by atoms with E-state index in [0.29, 0.717) is 5.56 Å². The highest BCUT2D eigenvalue weighted by molar-refractivity contribution is 7.90. The van der Waals surface area contributed by atoms with Gasteiger partial charge >= 0.3 is 0 Å². The summed E-state index contributed by atoms with van der Waals surface area (Å²) in [5, 5.41) is 0. The minimum Gasteiger partial charge on any atom is -0.346 e. The zero-order valence-electron chi connectivity index (χ0n) is 19.0. The molecule has 30 heavy (non-hydrogen) atoms. The zero-order valence-corrected chi connectivity index (χ0v) is 19.8. The van der Waals surface area contributed by atoms with Crippen LogP contribution in [-0.2, 0) is 10.0 Å². The molecule has 166 valence electrons.